The molecule has 1 aromatic carbocycles. The second-order valence-electron chi connectivity index (χ2n) is 5.60. The number of hydrogen-bond acceptors (Lipinski definition) is 5. The maximum atomic E-state index is 13.5. The quantitative estimate of drug-likeness (QED) is 0.677. The second kappa shape index (κ2) is 5.38. The minimum Gasteiger partial charge on any atom is -0.468 e. The molecule has 0 saturated carbocycles. The molecule has 7 heteroatoms. The summed E-state index contributed by atoms with van der Waals surface area (Å²) in [7, 11) is -2.11. The molecule has 1 unspecified atom stereocenters. The van der Waals surface area contributed by atoms with Crippen LogP contribution in [-0.4, -0.2) is 32.8 Å². The van der Waals surface area contributed by atoms with Crippen LogP contribution in [0.3, 0.4) is 0 Å². The van der Waals surface area contributed by atoms with Gasteiger partial charge < -0.3 is 4.74 Å². The van der Waals surface area contributed by atoms with Crippen LogP contribution in [0.25, 0.3) is 0 Å². The van der Waals surface area contributed by atoms with E-state index in [-0.39, 0.29) is 17.1 Å². The lowest BCUT2D eigenvalue weighted by Gasteiger charge is -2.33. The monoisotopic (exact) mass is 315 g/mol. The zero-order valence-electron chi connectivity index (χ0n) is 12.1. The van der Waals surface area contributed by atoms with Crippen molar-refractivity contribution in [2.45, 2.75) is 36.7 Å². The Labute approximate surface area is 123 Å². The molecule has 1 aromatic rings. The predicted octanol–water partition coefficient (Wildman–Crippen LogP) is 1.59. The standard InChI is InChI=1S/C14H18FNO4S/c1-14(2,13(17)20-3)16-11-6-7-21(18,19)12-5-4-9(15)8-10(11)12/h4-5,8,11,16H,6-7H2,1-3H3. The van der Waals surface area contributed by atoms with Crippen molar-refractivity contribution >= 4 is 15.8 Å². The molecule has 0 aliphatic carbocycles. The largest absolute Gasteiger partial charge is 0.468 e. The molecule has 116 valence electrons. The van der Waals surface area contributed by atoms with Crippen molar-refractivity contribution in [2.75, 3.05) is 12.9 Å². The van der Waals surface area contributed by atoms with Crippen molar-refractivity contribution in [3.63, 3.8) is 0 Å². The third-order valence-electron chi connectivity index (χ3n) is 3.59. The van der Waals surface area contributed by atoms with Gasteiger partial charge in [-0.15, -0.1) is 0 Å². The lowest BCUT2D eigenvalue weighted by atomic mass is 9.98. The first-order valence-electron chi connectivity index (χ1n) is 6.56. The summed E-state index contributed by atoms with van der Waals surface area (Å²) in [6.45, 7) is 3.28. The molecule has 0 saturated heterocycles. The molecular weight excluding hydrogens is 297 g/mol. The topological polar surface area (TPSA) is 72.5 Å². The third kappa shape index (κ3) is 3.08. The molecule has 1 aliphatic heterocycles. The molecule has 1 heterocycles. The van der Waals surface area contributed by atoms with E-state index in [1.54, 1.807) is 13.8 Å². The normalized spacial score (nSPS) is 20.7. The summed E-state index contributed by atoms with van der Waals surface area (Å²) in [6, 6.07) is 3.19. The van der Waals surface area contributed by atoms with E-state index >= 15 is 0 Å². The van der Waals surface area contributed by atoms with Gasteiger partial charge in [-0.2, -0.15) is 0 Å². The minimum atomic E-state index is -3.40. The van der Waals surface area contributed by atoms with Crippen molar-refractivity contribution in [1.82, 2.24) is 5.32 Å². The van der Waals surface area contributed by atoms with Crippen molar-refractivity contribution in [3.8, 4) is 0 Å². The van der Waals surface area contributed by atoms with Gasteiger partial charge in [0.15, 0.2) is 9.84 Å². The van der Waals surface area contributed by atoms with Gasteiger partial charge in [-0.3, -0.25) is 10.1 Å². The summed E-state index contributed by atoms with van der Waals surface area (Å²) in [5.74, 6) is -1.01. The van der Waals surface area contributed by atoms with Crippen molar-refractivity contribution < 1.29 is 22.3 Å². The average Bonchev–Trinajstić information content (AvgIpc) is 2.41. The zero-order valence-corrected chi connectivity index (χ0v) is 13.0. The van der Waals surface area contributed by atoms with Crippen molar-refractivity contribution in [3.05, 3.63) is 29.6 Å². The number of fused-ring (bicyclic) bond motifs is 1. The number of methoxy groups -OCH3 is 1. The van der Waals surface area contributed by atoms with Crippen LogP contribution in [0, 0.1) is 5.82 Å². The molecule has 5 nitrogen and oxygen atoms in total. The van der Waals surface area contributed by atoms with Gasteiger partial charge in [-0.1, -0.05) is 0 Å². The fourth-order valence-corrected chi connectivity index (χ4v) is 4.11. The van der Waals surface area contributed by atoms with Gasteiger partial charge in [-0.05, 0) is 44.0 Å². The highest BCUT2D eigenvalue weighted by Gasteiger charge is 2.36. The molecule has 0 fully saturated rings. The number of hydrogen-bond donors (Lipinski definition) is 1. The molecule has 0 radical (unpaired) electrons. The molecular formula is C14H18FNO4S. The number of carbonyl (C=O) groups is 1. The molecule has 2 rings (SSSR count). The fourth-order valence-electron chi connectivity index (χ4n) is 2.51. The number of benzene rings is 1. The molecule has 0 bridgehead atoms. The summed E-state index contributed by atoms with van der Waals surface area (Å²) < 4.78 is 42.3. The maximum Gasteiger partial charge on any atom is 0.325 e. The zero-order chi connectivity index (χ0) is 15.8. The lowest BCUT2D eigenvalue weighted by molar-refractivity contribution is -0.147. The van der Waals surface area contributed by atoms with Crippen LogP contribution in [0.1, 0.15) is 31.9 Å². The van der Waals surface area contributed by atoms with E-state index in [9.17, 15) is 17.6 Å². The molecule has 1 aliphatic rings. The first-order valence-corrected chi connectivity index (χ1v) is 8.21. The molecule has 21 heavy (non-hydrogen) atoms. The van der Waals surface area contributed by atoms with E-state index < -0.39 is 33.2 Å². The van der Waals surface area contributed by atoms with Gasteiger partial charge >= 0.3 is 5.97 Å². The van der Waals surface area contributed by atoms with Crippen LogP contribution in [0.15, 0.2) is 23.1 Å². The van der Waals surface area contributed by atoms with E-state index in [0.717, 1.165) is 6.07 Å². The van der Waals surface area contributed by atoms with Crippen molar-refractivity contribution in [1.29, 1.82) is 0 Å². The van der Waals surface area contributed by atoms with Crippen LogP contribution < -0.4 is 5.32 Å². The molecule has 0 amide bonds. The number of ether oxygens (including phenoxy) is 1. The van der Waals surface area contributed by atoms with Gasteiger partial charge in [0.05, 0.1) is 17.8 Å². The van der Waals surface area contributed by atoms with Crippen molar-refractivity contribution in [2.24, 2.45) is 0 Å². The number of carbonyl (C=O) groups excluding carboxylic acids is 1. The second-order valence-corrected chi connectivity index (χ2v) is 7.68. The SMILES string of the molecule is COC(=O)C(C)(C)NC1CCS(=O)(=O)c2ccc(F)cc21. The third-order valence-corrected chi connectivity index (χ3v) is 5.40. The molecule has 1 atom stereocenters. The lowest BCUT2D eigenvalue weighted by Crippen LogP contribution is -2.50. The van der Waals surface area contributed by atoms with Gasteiger partial charge in [0, 0.05) is 6.04 Å². The Hall–Kier alpha value is -1.47. The Bertz CT molecular complexity index is 670. The first-order chi connectivity index (χ1) is 9.67. The predicted molar refractivity (Wildman–Crippen MR) is 75.0 cm³/mol. The van der Waals surface area contributed by atoms with Gasteiger partial charge in [0.2, 0.25) is 0 Å². The Morgan fingerprint density at radius 3 is 2.71 bits per heavy atom. The number of nitrogens with one attached hydrogen (secondary N) is 1. The Morgan fingerprint density at radius 1 is 1.43 bits per heavy atom. The van der Waals surface area contributed by atoms with Crippen LogP contribution in [-0.2, 0) is 19.4 Å². The van der Waals surface area contributed by atoms with Gasteiger partial charge in [0.25, 0.3) is 0 Å². The van der Waals surface area contributed by atoms with E-state index in [1.165, 1.54) is 19.2 Å². The van der Waals surface area contributed by atoms with Gasteiger partial charge in [0.1, 0.15) is 11.4 Å². The molecule has 0 aromatic heterocycles. The average molecular weight is 315 g/mol. The van der Waals surface area contributed by atoms with Gasteiger partial charge in [-0.25, -0.2) is 12.8 Å². The summed E-state index contributed by atoms with van der Waals surface area (Å²) >= 11 is 0. The maximum absolute atomic E-state index is 13.5. The van der Waals surface area contributed by atoms with E-state index in [0.29, 0.717) is 5.56 Å². The van der Waals surface area contributed by atoms with Crippen LogP contribution in [0.2, 0.25) is 0 Å². The van der Waals surface area contributed by atoms with E-state index in [4.69, 9.17) is 4.74 Å². The minimum absolute atomic E-state index is 0.0411. The summed E-state index contributed by atoms with van der Waals surface area (Å²) in [5, 5.41) is 3.06. The highest BCUT2D eigenvalue weighted by molar-refractivity contribution is 7.91. The number of halogens is 1. The first kappa shape index (κ1) is 15.9. The Kier molecular flexibility index (Phi) is 4.08. The highest BCUT2D eigenvalue weighted by atomic mass is 32.2. The van der Waals surface area contributed by atoms with Crippen LogP contribution in [0.4, 0.5) is 4.39 Å². The Balaban J connectivity index is 2.41. The van der Waals surface area contributed by atoms with E-state index in [2.05, 4.69) is 5.32 Å². The van der Waals surface area contributed by atoms with Crippen LogP contribution in [0.5, 0.6) is 0 Å². The van der Waals surface area contributed by atoms with E-state index in [1.807, 2.05) is 0 Å². The number of esters is 1. The van der Waals surface area contributed by atoms with Crippen LogP contribution >= 0.6 is 0 Å². The smallest absolute Gasteiger partial charge is 0.325 e. The fraction of sp³-hybridized carbons (Fsp3) is 0.500. The number of rotatable bonds is 3. The summed E-state index contributed by atoms with van der Waals surface area (Å²) in [4.78, 5) is 11.9. The Morgan fingerprint density at radius 2 is 2.10 bits per heavy atom. The highest BCUT2D eigenvalue weighted by Crippen LogP contribution is 2.34. The summed E-state index contributed by atoms with van der Waals surface area (Å²) in [6.07, 6.45) is 0.277. The molecule has 1 N–H and O–H groups in total. The molecule has 0 spiro atoms. The number of sulfone groups is 1. The summed E-state index contributed by atoms with van der Waals surface area (Å²) in [5.41, 5.74) is -0.636.